The lowest BCUT2D eigenvalue weighted by Crippen LogP contribution is -2.33. The van der Waals surface area contributed by atoms with Crippen molar-refractivity contribution >= 4 is 5.91 Å². The average Bonchev–Trinajstić information content (AvgIpc) is 2.63. The largest absolute Gasteiger partial charge is 0.340 e. The molecule has 1 unspecified atom stereocenters. The Bertz CT molecular complexity index is 334. The van der Waals surface area contributed by atoms with Gasteiger partial charge in [0.15, 0.2) is 0 Å². The van der Waals surface area contributed by atoms with Gasteiger partial charge in [0.2, 0.25) is 0 Å². The lowest BCUT2D eigenvalue weighted by molar-refractivity contribution is 0.0772. The average molecular weight is 210 g/mol. The van der Waals surface area contributed by atoms with Crippen molar-refractivity contribution in [1.29, 1.82) is 0 Å². The zero-order valence-corrected chi connectivity index (χ0v) is 9.47. The van der Waals surface area contributed by atoms with E-state index in [1.807, 2.05) is 14.0 Å². The lowest BCUT2D eigenvalue weighted by atomic mass is 10.2. The standard InChI is InChI=1S/C10H18N4O/c1-8(4-11)5-14(3)10(15)9-6-13(2)7-12-9/h6-8H,4-5,11H2,1-3H3. The summed E-state index contributed by atoms with van der Waals surface area (Å²) in [5.41, 5.74) is 5.98. The molecule has 1 atom stereocenters. The van der Waals surface area contributed by atoms with Crippen molar-refractivity contribution in [2.24, 2.45) is 18.7 Å². The van der Waals surface area contributed by atoms with Crippen LogP contribution in [0.1, 0.15) is 17.4 Å². The molecular formula is C10H18N4O. The Morgan fingerprint density at radius 1 is 1.73 bits per heavy atom. The molecule has 0 aliphatic carbocycles. The van der Waals surface area contributed by atoms with Gasteiger partial charge in [0.25, 0.3) is 5.91 Å². The van der Waals surface area contributed by atoms with E-state index in [9.17, 15) is 4.79 Å². The highest BCUT2D eigenvalue weighted by Gasteiger charge is 2.15. The summed E-state index contributed by atoms with van der Waals surface area (Å²) in [6.45, 7) is 3.26. The van der Waals surface area contributed by atoms with Crippen LogP contribution in [0.15, 0.2) is 12.5 Å². The summed E-state index contributed by atoms with van der Waals surface area (Å²) in [6.07, 6.45) is 3.33. The van der Waals surface area contributed by atoms with Crippen LogP contribution in [-0.2, 0) is 7.05 Å². The number of carbonyl (C=O) groups is 1. The smallest absolute Gasteiger partial charge is 0.273 e. The molecule has 0 saturated carbocycles. The van der Waals surface area contributed by atoms with Crippen molar-refractivity contribution < 1.29 is 4.79 Å². The Balaban J connectivity index is 2.60. The van der Waals surface area contributed by atoms with Gasteiger partial charge in [-0.1, -0.05) is 6.92 Å². The number of carbonyl (C=O) groups excluding carboxylic acids is 1. The minimum Gasteiger partial charge on any atom is -0.340 e. The maximum atomic E-state index is 11.8. The second-order valence-corrected chi connectivity index (χ2v) is 3.95. The minimum absolute atomic E-state index is 0.0594. The van der Waals surface area contributed by atoms with E-state index < -0.39 is 0 Å². The molecule has 0 spiro atoms. The maximum absolute atomic E-state index is 11.8. The number of hydrogen-bond acceptors (Lipinski definition) is 3. The van der Waals surface area contributed by atoms with Crippen LogP contribution in [-0.4, -0.2) is 40.5 Å². The lowest BCUT2D eigenvalue weighted by Gasteiger charge is -2.19. The van der Waals surface area contributed by atoms with Crippen LogP contribution in [0.3, 0.4) is 0 Å². The van der Waals surface area contributed by atoms with Crippen LogP contribution >= 0.6 is 0 Å². The predicted molar refractivity (Wildman–Crippen MR) is 58.4 cm³/mol. The maximum Gasteiger partial charge on any atom is 0.273 e. The number of amides is 1. The highest BCUT2D eigenvalue weighted by atomic mass is 16.2. The van der Waals surface area contributed by atoms with Gasteiger partial charge in [-0.15, -0.1) is 0 Å². The first-order valence-corrected chi connectivity index (χ1v) is 4.98. The predicted octanol–water partition coefficient (Wildman–Crippen LogP) is 0.0869. The molecule has 0 bridgehead atoms. The third kappa shape index (κ3) is 3.06. The molecule has 1 heterocycles. The van der Waals surface area contributed by atoms with E-state index >= 15 is 0 Å². The first-order chi connectivity index (χ1) is 7.04. The molecule has 1 amide bonds. The van der Waals surface area contributed by atoms with Gasteiger partial charge in [0, 0.05) is 26.8 Å². The van der Waals surface area contributed by atoms with Crippen molar-refractivity contribution in [3.63, 3.8) is 0 Å². The van der Waals surface area contributed by atoms with E-state index in [0.717, 1.165) is 0 Å². The van der Waals surface area contributed by atoms with Crippen LogP contribution in [0.4, 0.5) is 0 Å². The van der Waals surface area contributed by atoms with Gasteiger partial charge in [-0.3, -0.25) is 4.79 Å². The van der Waals surface area contributed by atoms with Crippen LogP contribution < -0.4 is 5.73 Å². The van der Waals surface area contributed by atoms with Crippen molar-refractivity contribution in [3.05, 3.63) is 18.2 Å². The third-order valence-corrected chi connectivity index (χ3v) is 2.26. The molecule has 0 aliphatic heterocycles. The molecule has 5 nitrogen and oxygen atoms in total. The summed E-state index contributed by atoms with van der Waals surface area (Å²) in [6, 6.07) is 0. The Kier molecular flexibility index (Phi) is 3.85. The number of nitrogens with zero attached hydrogens (tertiary/aromatic N) is 3. The topological polar surface area (TPSA) is 64.2 Å². The van der Waals surface area contributed by atoms with Crippen LogP contribution in [0, 0.1) is 5.92 Å². The van der Waals surface area contributed by atoms with Crippen molar-refractivity contribution in [3.8, 4) is 0 Å². The Morgan fingerprint density at radius 2 is 2.40 bits per heavy atom. The molecule has 0 aliphatic rings. The summed E-state index contributed by atoms with van der Waals surface area (Å²) < 4.78 is 1.76. The SMILES string of the molecule is CC(CN)CN(C)C(=O)c1cn(C)cn1. The molecule has 0 fully saturated rings. The van der Waals surface area contributed by atoms with Gasteiger partial charge >= 0.3 is 0 Å². The highest BCUT2D eigenvalue weighted by molar-refractivity contribution is 5.91. The molecule has 0 aromatic carbocycles. The number of aromatic nitrogens is 2. The monoisotopic (exact) mass is 210 g/mol. The van der Waals surface area contributed by atoms with Crippen LogP contribution in [0.2, 0.25) is 0 Å². The van der Waals surface area contributed by atoms with Gasteiger partial charge < -0.3 is 15.2 Å². The van der Waals surface area contributed by atoms with Crippen molar-refractivity contribution in [1.82, 2.24) is 14.5 Å². The normalized spacial score (nSPS) is 12.5. The molecule has 1 aromatic rings. The van der Waals surface area contributed by atoms with E-state index in [1.165, 1.54) is 0 Å². The zero-order chi connectivity index (χ0) is 11.4. The van der Waals surface area contributed by atoms with Gasteiger partial charge in [-0.25, -0.2) is 4.98 Å². The zero-order valence-electron chi connectivity index (χ0n) is 9.47. The third-order valence-electron chi connectivity index (χ3n) is 2.26. The van der Waals surface area contributed by atoms with E-state index in [4.69, 9.17) is 5.73 Å². The van der Waals surface area contributed by atoms with E-state index in [-0.39, 0.29) is 5.91 Å². The van der Waals surface area contributed by atoms with Gasteiger partial charge in [0.05, 0.1) is 6.33 Å². The molecule has 15 heavy (non-hydrogen) atoms. The molecular weight excluding hydrogens is 192 g/mol. The van der Waals surface area contributed by atoms with Crippen molar-refractivity contribution in [2.45, 2.75) is 6.92 Å². The molecule has 1 rings (SSSR count). The van der Waals surface area contributed by atoms with E-state index in [1.54, 1.807) is 29.0 Å². The van der Waals surface area contributed by atoms with Crippen molar-refractivity contribution in [2.75, 3.05) is 20.1 Å². The fraction of sp³-hybridized carbons (Fsp3) is 0.600. The van der Waals surface area contributed by atoms with E-state index in [0.29, 0.717) is 24.7 Å². The Hall–Kier alpha value is -1.36. The quantitative estimate of drug-likeness (QED) is 0.766. The first kappa shape index (κ1) is 11.7. The molecule has 0 saturated heterocycles. The van der Waals surface area contributed by atoms with Crippen LogP contribution in [0.25, 0.3) is 0 Å². The minimum atomic E-state index is -0.0594. The molecule has 5 heteroatoms. The number of hydrogen-bond donors (Lipinski definition) is 1. The number of aryl methyl sites for hydroxylation is 1. The number of imidazole rings is 1. The Morgan fingerprint density at radius 3 is 2.87 bits per heavy atom. The summed E-state index contributed by atoms with van der Waals surface area (Å²) in [5.74, 6) is 0.249. The summed E-state index contributed by atoms with van der Waals surface area (Å²) >= 11 is 0. The van der Waals surface area contributed by atoms with Crippen LogP contribution in [0.5, 0.6) is 0 Å². The highest BCUT2D eigenvalue weighted by Crippen LogP contribution is 2.02. The van der Waals surface area contributed by atoms with Gasteiger partial charge in [-0.2, -0.15) is 0 Å². The molecule has 0 radical (unpaired) electrons. The summed E-state index contributed by atoms with van der Waals surface area (Å²) in [5, 5.41) is 0. The van der Waals surface area contributed by atoms with Gasteiger partial charge in [0.1, 0.15) is 5.69 Å². The summed E-state index contributed by atoms with van der Waals surface area (Å²) in [4.78, 5) is 17.5. The number of nitrogens with two attached hydrogens (primary N) is 1. The molecule has 2 N–H and O–H groups in total. The second-order valence-electron chi connectivity index (χ2n) is 3.95. The molecule has 84 valence electrons. The Labute approximate surface area is 89.9 Å². The summed E-state index contributed by atoms with van der Waals surface area (Å²) in [7, 11) is 3.61. The van der Waals surface area contributed by atoms with Gasteiger partial charge in [-0.05, 0) is 12.5 Å². The second kappa shape index (κ2) is 4.93. The van der Waals surface area contributed by atoms with E-state index in [2.05, 4.69) is 4.98 Å². The number of rotatable bonds is 4. The fourth-order valence-corrected chi connectivity index (χ4v) is 1.34. The fourth-order valence-electron chi connectivity index (χ4n) is 1.34. The molecule has 1 aromatic heterocycles. The first-order valence-electron chi connectivity index (χ1n) is 4.98.